The van der Waals surface area contributed by atoms with Gasteiger partial charge in [0.05, 0.1) is 0 Å². The summed E-state index contributed by atoms with van der Waals surface area (Å²) in [5.74, 6) is 1.73. The maximum Gasteiger partial charge on any atom is 0.137 e. The summed E-state index contributed by atoms with van der Waals surface area (Å²) in [4.78, 5) is 4.77. The van der Waals surface area contributed by atoms with Crippen LogP contribution in [-0.4, -0.2) is 0 Å². The number of fused-ring (bicyclic) bond motifs is 10. The molecular formula is C62H46N2O. The molecule has 0 saturated heterocycles. The normalized spacial score (nSPS) is 14.2. The summed E-state index contributed by atoms with van der Waals surface area (Å²) in [5, 5.41) is 4.70. The van der Waals surface area contributed by atoms with Crippen LogP contribution in [-0.2, 0) is 10.8 Å². The third-order valence-corrected chi connectivity index (χ3v) is 14.6. The summed E-state index contributed by atoms with van der Waals surface area (Å²) < 4.78 is 6.98. The molecule has 1 aliphatic heterocycles. The van der Waals surface area contributed by atoms with Crippen LogP contribution in [0, 0.1) is 0 Å². The van der Waals surface area contributed by atoms with E-state index in [2.05, 4.69) is 244 Å². The second kappa shape index (κ2) is 13.8. The molecule has 10 aromatic rings. The number of hydrogen-bond donors (Lipinski definition) is 0. The first-order chi connectivity index (χ1) is 31.7. The maximum absolute atomic E-state index is 6.98. The van der Waals surface area contributed by atoms with Gasteiger partial charge in [-0.2, -0.15) is 0 Å². The Morgan fingerprint density at radius 3 is 1.37 bits per heavy atom. The zero-order valence-corrected chi connectivity index (χ0v) is 36.9. The average Bonchev–Trinajstić information content (AvgIpc) is 3.71. The Morgan fingerprint density at radius 1 is 0.308 bits per heavy atom. The summed E-state index contributed by atoms with van der Waals surface area (Å²) in [5.41, 5.74) is 19.4. The Balaban J connectivity index is 0.923. The highest BCUT2D eigenvalue weighted by molar-refractivity contribution is 6.18. The van der Waals surface area contributed by atoms with E-state index in [1.165, 1.54) is 66.2 Å². The third kappa shape index (κ3) is 5.55. The highest BCUT2D eigenvalue weighted by atomic mass is 16.5. The molecule has 0 atom stereocenters. The molecule has 2 aliphatic carbocycles. The van der Waals surface area contributed by atoms with Gasteiger partial charge in [-0.1, -0.05) is 143 Å². The zero-order chi connectivity index (χ0) is 43.6. The lowest BCUT2D eigenvalue weighted by atomic mass is 9.82. The van der Waals surface area contributed by atoms with E-state index >= 15 is 0 Å². The van der Waals surface area contributed by atoms with Crippen molar-refractivity contribution in [3.63, 3.8) is 0 Å². The Labute approximate surface area is 380 Å². The number of nitrogens with zero attached hydrogens (tertiary/aromatic N) is 2. The first-order valence-electron chi connectivity index (χ1n) is 22.7. The molecule has 1 heterocycles. The lowest BCUT2D eigenvalue weighted by Crippen LogP contribution is -2.16. The Hall–Kier alpha value is -7.88. The standard InChI is InChI=1S/C62H46N2O/c1-61(2)54-23-13-11-20-46(54)48-31-28-43(36-56(48)61)63(40-16-7-5-8-17-40)42-27-26-39-34-53-50-33-30-45(38-59(50)65-58-25-15-22-51(60(53)58)52(39)35-42)64(41-18-9-6-10-19-41)44-29-32-49-47-21-12-14-24-55(47)62(3,4)57(49)37-44/h5-38H,1-4H3. The van der Waals surface area contributed by atoms with Crippen molar-refractivity contribution in [1.82, 2.24) is 0 Å². The number of para-hydroxylation sites is 2. The first kappa shape index (κ1) is 37.7. The lowest BCUT2D eigenvalue weighted by Gasteiger charge is -2.30. The summed E-state index contributed by atoms with van der Waals surface area (Å²) in [7, 11) is 0. The second-order valence-corrected chi connectivity index (χ2v) is 18.9. The minimum absolute atomic E-state index is 0.104. The fourth-order valence-corrected chi connectivity index (χ4v) is 11.4. The molecule has 0 aromatic heterocycles. The van der Waals surface area contributed by atoms with Gasteiger partial charge < -0.3 is 14.5 Å². The van der Waals surface area contributed by atoms with E-state index in [1.54, 1.807) is 0 Å². The number of anilines is 6. The molecule has 3 heteroatoms. The predicted molar refractivity (Wildman–Crippen MR) is 271 cm³/mol. The van der Waals surface area contributed by atoms with E-state index in [9.17, 15) is 0 Å². The van der Waals surface area contributed by atoms with Crippen LogP contribution in [0.5, 0.6) is 11.5 Å². The number of ether oxygens (including phenoxy) is 1. The summed E-state index contributed by atoms with van der Waals surface area (Å²) in [6.07, 6.45) is 0. The zero-order valence-electron chi connectivity index (χ0n) is 36.9. The summed E-state index contributed by atoms with van der Waals surface area (Å²) in [6, 6.07) is 75.7. The van der Waals surface area contributed by atoms with Crippen LogP contribution in [0.2, 0.25) is 0 Å². The molecule has 310 valence electrons. The van der Waals surface area contributed by atoms with Crippen molar-refractivity contribution in [2.24, 2.45) is 0 Å². The molecule has 3 aliphatic rings. The molecule has 13 rings (SSSR count). The van der Waals surface area contributed by atoms with Gasteiger partial charge in [-0.25, -0.2) is 0 Å². The topological polar surface area (TPSA) is 15.7 Å². The molecule has 65 heavy (non-hydrogen) atoms. The largest absolute Gasteiger partial charge is 0.456 e. The Kier molecular flexibility index (Phi) is 8.00. The first-order valence-corrected chi connectivity index (χ1v) is 22.7. The van der Waals surface area contributed by atoms with Crippen molar-refractivity contribution in [3.05, 3.63) is 229 Å². The van der Waals surface area contributed by atoms with Gasteiger partial charge in [0.1, 0.15) is 11.5 Å². The predicted octanol–water partition coefficient (Wildman–Crippen LogP) is 17.3. The lowest BCUT2D eigenvalue weighted by molar-refractivity contribution is 0.487. The average molecular weight is 835 g/mol. The second-order valence-electron chi connectivity index (χ2n) is 18.9. The van der Waals surface area contributed by atoms with Gasteiger partial charge in [0.25, 0.3) is 0 Å². The molecule has 0 fully saturated rings. The molecule has 0 bridgehead atoms. The maximum atomic E-state index is 6.98. The molecule has 0 radical (unpaired) electrons. The van der Waals surface area contributed by atoms with Crippen LogP contribution in [0.1, 0.15) is 49.9 Å². The SMILES string of the molecule is CC1(C)c2ccccc2-c2ccc(N(c3ccccc3)c3ccc4c(c3)Oc3cccc5c3c-4cc3ccc(N(c4ccccc4)c4ccc6c(c4)C(C)(C)c4ccccc4-6)cc35)cc21. The molecule has 0 unspecified atom stereocenters. The van der Waals surface area contributed by atoms with Crippen molar-refractivity contribution in [2.75, 3.05) is 9.80 Å². The van der Waals surface area contributed by atoms with Gasteiger partial charge in [-0.3, -0.25) is 0 Å². The minimum atomic E-state index is -0.110. The number of benzene rings is 10. The molecule has 0 N–H and O–H groups in total. The van der Waals surface area contributed by atoms with Gasteiger partial charge in [-0.05, 0) is 151 Å². The monoisotopic (exact) mass is 834 g/mol. The molecule has 10 aromatic carbocycles. The van der Waals surface area contributed by atoms with Gasteiger partial charge in [0, 0.05) is 62.0 Å². The van der Waals surface area contributed by atoms with Gasteiger partial charge >= 0.3 is 0 Å². The van der Waals surface area contributed by atoms with Crippen LogP contribution in [0.4, 0.5) is 34.1 Å². The van der Waals surface area contributed by atoms with E-state index in [-0.39, 0.29) is 10.8 Å². The fourth-order valence-electron chi connectivity index (χ4n) is 11.4. The van der Waals surface area contributed by atoms with Crippen LogP contribution in [0.15, 0.2) is 206 Å². The van der Waals surface area contributed by atoms with Crippen LogP contribution in [0.3, 0.4) is 0 Å². The summed E-state index contributed by atoms with van der Waals surface area (Å²) >= 11 is 0. The molecule has 0 saturated carbocycles. The van der Waals surface area contributed by atoms with Crippen LogP contribution >= 0.6 is 0 Å². The molecule has 0 spiro atoms. The van der Waals surface area contributed by atoms with Crippen molar-refractivity contribution in [2.45, 2.75) is 38.5 Å². The van der Waals surface area contributed by atoms with Gasteiger partial charge in [-0.15, -0.1) is 0 Å². The van der Waals surface area contributed by atoms with Crippen molar-refractivity contribution in [1.29, 1.82) is 0 Å². The van der Waals surface area contributed by atoms with E-state index in [0.717, 1.165) is 56.6 Å². The number of hydrogen-bond acceptors (Lipinski definition) is 3. The van der Waals surface area contributed by atoms with E-state index in [0.29, 0.717) is 0 Å². The smallest absolute Gasteiger partial charge is 0.137 e. The van der Waals surface area contributed by atoms with E-state index < -0.39 is 0 Å². The van der Waals surface area contributed by atoms with Crippen LogP contribution in [0.25, 0.3) is 54.9 Å². The molecule has 0 amide bonds. The Morgan fingerprint density at radius 2 is 0.785 bits per heavy atom. The van der Waals surface area contributed by atoms with E-state index in [1.807, 2.05) is 0 Å². The molecular weight excluding hydrogens is 789 g/mol. The van der Waals surface area contributed by atoms with Gasteiger partial charge in [0.2, 0.25) is 0 Å². The fraction of sp³-hybridized carbons (Fsp3) is 0.0968. The summed E-state index contributed by atoms with van der Waals surface area (Å²) in [6.45, 7) is 9.39. The van der Waals surface area contributed by atoms with Crippen molar-refractivity contribution < 1.29 is 4.74 Å². The van der Waals surface area contributed by atoms with Gasteiger partial charge in [0.15, 0.2) is 0 Å². The highest BCUT2D eigenvalue weighted by Crippen LogP contribution is 2.55. The van der Waals surface area contributed by atoms with Crippen molar-refractivity contribution >= 4 is 55.7 Å². The third-order valence-electron chi connectivity index (χ3n) is 14.6. The van der Waals surface area contributed by atoms with E-state index in [4.69, 9.17) is 4.74 Å². The minimum Gasteiger partial charge on any atom is -0.456 e. The Bertz CT molecular complexity index is 3590. The molecule has 3 nitrogen and oxygen atoms in total. The van der Waals surface area contributed by atoms with Crippen LogP contribution < -0.4 is 14.5 Å². The number of rotatable bonds is 6. The quantitative estimate of drug-likeness (QED) is 0.155. The highest BCUT2D eigenvalue weighted by Gasteiger charge is 2.37. The van der Waals surface area contributed by atoms with Crippen molar-refractivity contribution in [3.8, 4) is 44.9 Å².